The number of amides is 1. The summed E-state index contributed by atoms with van der Waals surface area (Å²) in [4.78, 5) is 37.4. The van der Waals surface area contributed by atoms with Crippen molar-refractivity contribution in [1.82, 2.24) is 20.2 Å². The maximum Gasteiger partial charge on any atom is 0.339 e. The highest BCUT2D eigenvalue weighted by Gasteiger charge is 2.24. The van der Waals surface area contributed by atoms with E-state index < -0.39 is 16.4 Å². The van der Waals surface area contributed by atoms with Gasteiger partial charge in [-0.25, -0.2) is 5.84 Å². The Hall–Kier alpha value is -1.61. The highest BCUT2D eigenvalue weighted by molar-refractivity contribution is 8.00. The van der Waals surface area contributed by atoms with E-state index >= 15 is 0 Å². The Morgan fingerprint density at radius 1 is 1.50 bits per heavy atom. The zero-order valence-electron chi connectivity index (χ0n) is 10.3. The average Bonchev–Trinajstić information content (AvgIpc) is 2.30. The average molecular weight is 273 g/mol. The van der Waals surface area contributed by atoms with Crippen molar-refractivity contribution in [2.45, 2.75) is 24.3 Å². The molecular weight excluding hydrogens is 258 g/mol. The van der Waals surface area contributed by atoms with Crippen molar-refractivity contribution in [1.29, 1.82) is 0 Å². The van der Waals surface area contributed by atoms with Crippen molar-refractivity contribution in [2.75, 3.05) is 0 Å². The molecule has 0 fully saturated rings. The molecule has 0 aliphatic rings. The first-order chi connectivity index (χ1) is 8.36. The van der Waals surface area contributed by atoms with Gasteiger partial charge in [0, 0.05) is 7.05 Å². The van der Waals surface area contributed by atoms with Gasteiger partial charge < -0.3 is 0 Å². The van der Waals surface area contributed by atoms with Crippen molar-refractivity contribution >= 4 is 17.7 Å². The quantitative estimate of drug-likeness (QED) is 0.203. The van der Waals surface area contributed by atoms with E-state index in [1.807, 2.05) is 13.8 Å². The number of nitrogens with two attached hydrogens (primary N) is 1. The van der Waals surface area contributed by atoms with Gasteiger partial charge in [0.05, 0.1) is 5.25 Å². The molecule has 1 rings (SSSR count). The number of nitrogens with zero attached hydrogens (tertiary/aromatic N) is 2. The van der Waals surface area contributed by atoms with E-state index in [4.69, 9.17) is 5.84 Å². The molecule has 0 saturated carbocycles. The van der Waals surface area contributed by atoms with Crippen LogP contribution in [-0.4, -0.2) is 25.9 Å². The number of aromatic nitrogens is 3. The molecule has 1 amide bonds. The normalized spacial score (nSPS) is 12.5. The monoisotopic (exact) mass is 273 g/mol. The third-order valence-electron chi connectivity index (χ3n) is 2.19. The van der Waals surface area contributed by atoms with Crippen LogP contribution in [0.1, 0.15) is 13.8 Å². The highest BCUT2D eigenvalue weighted by Crippen LogP contribution is 2.25. The van der Waals surface area contributed by atoms with Crippen molar-refractivity contribution in [3.8, 4) is 0 Å². The molecule has 1 aromatic heterocycles. The number of aromatic amines is 1. The topological polar surface area (TPSA) is 123 Å². The van der Waals surface area contributed by atoms with E-state index in [2.05, 4.69) is 15.5 Å². The summed E-state index contributed by atoms with van der Waals surface area (Å²) in [5, 5.41) is 2.06. The molecule has 0 aromatic carbocycles. The Kier molecular flexibility index (Phi) is 4.68. The Labute approximate surface area is 107 Å². The lowest BCUT2D eigenvalue weighted by atomic mass is 10.1. The summed E-state index contributed by atoms with van der Waals surface area (Å²) in [6.45, 7) is 3.69. The summed E-state index contributed by atoms with van der Waals surface area (Å²) < 4.78 is 1.30. The predicted octanol–water partition coefficient (Wildman–Crippen LogP) is -1.42. The molecule has 18 heavy (non-hydrogen) atoms. The van der Waals surface area contributed by atoms with Crippen molar-refractivity contribution in [3.63, 3.8) is 0 Å². The number of aryl methyl sites for hydroxylation is 1. The van der Waals surface area contributed by atoms with E-state index in [1.54, 1.807) is 0 Å². The largest absolute Gasteiger partial charge is 0.339 e. The molecule has 0 aliphatic heterocycles. The maximum atomic E-state index is 11.6. The van der Waals surface area contributed by atoms with E-state index in [0.717, 1.165) is 11.8 Å². The number of hydrazine groups is 1. The summed E-state index contributed by atoms with van der Waals surface area (Å²) in [5.41, 5.74) is 0.382. The van der Waals surface area contributed by atoms with Gasteiger partial charge in [0.25, 0.3) is 0 Å². The minimum Gasteiger partial charge on any atom is -0.293 e. The summed E-state index contributed by atoms with van der Waals surface area (Å²) in [7, 11) is 1.54. The lowest BCUT2D eigenvalue weighted by molar-refractivity contribution is -0.121. The first kappa shape index (κ1) is 14.5. The van der Waals surface area contributed by atoms with Crippen molar-refractivity contribution < 1.29 is 4.79 Å². The van der Waals surface area contributed by atoms with Crippen LogP contribution in [0.2, 0.25) is 0 Å². The van der Waals surface area contributed by atoms with E-state index in [0.29, 0.717) is 0 Å². The highest BCUT2D eigenvalue weighted by atomic mass is 32.2. The molecule has 9 heteroatoms. The van der Waals surface area contributed by atoms with Crippen LogP contribution in [0.25, 0.3) is 0 Å². The second kappa shape index (κ2) is 5.83. The Morgan fingerprint density at radius 2 is 2.11 bits per heavy atom. The number of rotatable bonds is 4. The minimum atomic E-state index is -0.883. The SMILES string of the molecule is CC(C)C(Sc1nc(=O)c(=O)[nH]n1C)C(=O)NN. The van der Waals surface area contributed by atoms with Gasteiger partial charge in [-0.1, -0.05) is 25.6 Å². The molecule has 0 aliphatic carbocycles. The van der Waals surface area contributed by atoms with E-state index in [-0.39, 0.29) is 17.0 Å². The van der Waals surface area contributed by atoms with Gasteiger partial charge >= 0.3 is 11.1 Å². The van der Waals surface area contributed by atoms with Crippen LogP contribution in [-0.2, 0) is 11.8 Å². The first-order valence-electron chi connectivity index (χ1n) is 5.21. The van der Waals surface area contributed by atoms with Crippen LogP contribution in [0.4, 0.5) is 0 Å². The zero-order chi connectivity index (χ0) is 13.9. The van der Waals surface area contributed by atoms with Crippen molar-refractivity contribution in [3.05, 3.63) is 20.7 Å². The molecule has 8 nitrogen and oxygen atoms in total. The molecular formula is C9H15N5O3S. The van der Waals surface area contributed by atoms with Crippen LogP contribution < -0.4 is 22.4 Å². The zero-order valence-corrected chi connectivity index (χ0v) is 11.1. The van der Waals surface area contributed by atoms with Crippen LogP contribution >= 0.6 is 11.8 Å². The molecule has 100 valence electrons. The van der Waals surface area contributed by atoms with Crippen molar-refractivity contribution in [2.24, 2.45) is 18.8 Å². The molecule has 1 heterocycles. The molecule has 1 unspecified atom stereocenters. The number of nitrogens with one attached hydrogen (secondary N) is 2. The fraction of sp³-hybridized carbons (Fsp3) is 0.556. The fourth-order valence-electron chi connectivity index (χ4n) is 1.25. The number of H-pyrrole nitrogens is 1. The van der Waals surface area contributed by atoms with E-state index in [9.17, 15) is 14.4 Å². The van der Waals surface area contributed by atoms with Gasteiger partial charge in [-0.15, -0.1) is 0 Å². The Morgan fingerprint density at radius 3 is 2.61 bits per heavy atom. The number of thioether (sulfide) groups is 1. The second-order valence-electron chi connectivity index (χ2n) is 3.99. The summed E-state index contributed by atoms with van der Waals surface area (Å²) in [6, 6.07) is 0. The Balaban J connectivity index is 3.09. The standard InChI is InChI=1S/C9H15N5O3S/c1-4(2)5(6(15)12-10)18-9-11-7(16)8(17)13-14(9)3/h4-5H,10H2,1-3H3,(H,12,15)(H,13,17). The maximum absolute atomic E-state index is 11.6. The minimum absolute atomic E-state index is 0.0117. The molecule has 1 atom stereocenters. The Bertz CT molecular complexity index is 550. The third-order valence-corrected chi connectivity index (χ3v) is 3.77. The van der Waals surface area contributed by atoms with Crippen LogP contribution in [0.5, 0.6) is 0 Å². The van der Waals surface area contributed by atoms with Crippen LogP contribution in [0.15, 0.2) is 14.7 Å². The lowest BCUT2D eigenvalue weighted by Crippen LogP contribution is -2.41. The second-order valence-corrected chi connectivity index (χ2v) is 5.10. The molecule has 1 aromatic rings. The summed E-state index contributed by atoms with van der Waals surface area (Å²) in [5.74, 6) is 4.72. The molecule has 0 saturated heterocycles. The number of hydrogen-bond acceptors (Lipinski definition) is 6. The van der Waals surface area contributed by atoms with Gasteiger partial charge in [0.15, 0.2) is 5.16 Å². The molecule has 0 radical (unpaired) electrons. The number of carbonyl (C=O) groups excluding carboxylic acids is 1. The lowest BCUT2D eigenvalue weighted by Gasteiger charge is -2.18. The fourth-order valence-corrected chi connectivity index (χ4v) is 2.27. The molecule has 0 spiro atoms. The third kappa shape index (κ3) is 3.20. The number of carbonyl (C=O) groups is 1. The van der Waals surface area contributed by atoms with Crippen LogP contribution in [0.3, 0.4) is 0 Å². The first-order valence-corrected chi connectivity index (χ1v) is 6.09. The van der Waals surface area contributed by atoms with E-state index in [1.165, 1.54) is 11.7 Å². The van der Waals surface area contributed by atoms with Gasteiger partial charge in [-0.05, 0) is 5.92 Å². The van der Waals surface area contributed by atoms with Crippen LogP contribution in [0, 0.1) is 5.92 Å². The van der Waals surface area contributed by atoms with Gasteiger partial charge in [-0.3, -0.25) is 29.6 Å². The summed E-state index contributed by atoms with van der Waals surface area (Å²) in [6.07, 6.45) is 0. The van der Waals surface area contributed by atoms with Gasteiger partial charge in [-0.2, -0.15) is 4.98 Å². The predicted molar refractivity (Wildman–Crippen MR) is 66.9 cm³/mol. The smallest absolute Gasteiger partial charge is 0.293 e. The molecule has 4 N–H and O–H groups in total. The molecule has 0 bridgehead atoms. The summed E-state index contributed by atoms with van der Waals surface area (Å²) >= 11 is 1.07. The van der Waals surface area contributed by atoms with Gasteiger partial charge in [0.1, 0.15) is 0 Å². The number of hydrogen-bond donors (Lipinski definition) is 3. The van der Waals surface area contributed by atoms with Gasteiger partial charge in [0.2, 0.25) is 5.91 Å².